The number of rotatable bonds is 2. The smallest absolute Gasteiger partial charge is 0.134 e. The maximum absolute atomic E-state index is 14.1. The highest BCUT2D eigenvalue weighted by Crippen LogP contribution is 2.35. The van der Waals surface area contributed by atoms with Gasteiger partial charge in [-0.3, -0.25) is 4.98 Å². The van der Waals surface area contributed by atoms with E-state index in [4.69, 9.17) is 0 Å². The SMILES string of the molecule is CNc1c(C(C)C)c(C)nc2c(C)ccc(F)c12. The fourth-order valence-corrected chi connectivity index (χ4v) is 2.56. The second-order valence-electron chi connectivity index (χ2n) is 4.98. The molecule has 1 heterocycles. The topological polar surface area (TPSA) is 24.9 Å². The summed E-state index contributed by atoms with van der Waals surface area (Å²) in [5.41, 5.74) is 4.68. The summed E-state index contributed by atoms with van der Waals surface area (Å²) >= 11 is 0. The molecule has 0 bridgehead atoms. The zero-order valence-corrected chi connectivity index (χ0v) is 11.6. The maximum Gasteiger partial charge on any atom is 0.134 e. The Labute approximate surface area is 107 Å². The van der Waals surface area contributed by atoms with E-state index in [-0.39, 0.29) is 5.82 Å². The van der Waals surface area contributed by atoms with E-state index in [1.54, 1.807) is 6.07 Å². The summed E-state index contributed by atoms with van der Waals surface area (Å²) in [6.07, 6.45) is 0. The first kappa shape index (κ1) is 12.8. The standard InChI is InChI=1S/C15H19FN2/c1-8(2)12-10(4)18-14-9(3)6-7-11(16)13(14)15(12)17-5/h6-8H,1-5H3,(H,17,18). The Bertz CT molecular complexity index is 603. The number of hydrogen-bond acceptors (Lipinski definition) is 2. The number of fused-ring (bicyclic) bond motifs is 1. The summed E-state index contributed by atoms with van der Waals surface area (Å²) in [5.74, 6) is 0.0959. The summed E-state index contributed by atoms with van der Waals surface area (Å²) in [4.78, 5) is 4.59. The van der Waals surface area contributed by atoms with Crippen LogP contribution in [0.15, 0.2) is 12.1 Å². The number of aryl methyl sites for hydroxylation is 2. The predicted molar refractivity (Wildman–Crippen MR) is 74.8 cm³/mol. The molecule has 0 spiro atoms. The number of nitrogens with one attached hydrogen (secondary N) is 1. The molecule has 0 saturated carbocycles. The van der Waals surface area contributed by atoms with E-state index in [0.717, 1.165) is 28.0 Å². The van der Waals surface area contributed by atoms with E-state index in [2.05, 4.69) is 24.1 Å². The van der Waals surface area contributed by atoms with Gasteiger partial charge >= 0.3 is 0 Å². The van der Waals surface area contributed by atoms with Gasteiger partial charge in [0.2, 0.25) is 0 Å². The van der Waals surface area contributed by atoms with Crippen LogP contribution in [-0.2, 0) is 0 Å². The van der Waals surface area contributed by atoms with Gasteiger partial charge in [0.15, 0.2) is 0 Å². The van der Waals surface area contributed by atoms with Gasteiger partial charge in [-0.05, 0) is 37.0 Å². The quantitative estimate of drug-likeness (QED) is 0.860. The first-order valence-electron chi connectivity index (χ1n) is 6.24. The molecule has 0 amide bonds. The maximum atomic E-state index is 14.1. The van der Waals surface area contributed by atoms with Gasteiger partial charge in [0.05, 0.1) is 16.6 Å². The fourth-order valence-electron chi connectivity index (χ4n) is 2.56. The van der Waals surface area contributed by atoms with Crippen molar-refractivity contribution >= 4 is 16.6 Å². The van der Waals surface area contributed by atoms with Crippen LogP contribution < -0.4 is 5.32 Å². The second kappa shape index (κ2) is 4.56. The van der Waals surface area contributed by atoms with Gasteiger partial charge in [-0.1, -0.05) is 19.9 Å². The largest absolute Gasteiger partial charge is 0.387 e. The Balaban J connectivity index is 2.99. The second-order valence-corrected chi connectivity index (χ2v) is 4.98. The number of anilines is 1. The highest BCUT2D eigenvalue weighted by Gasteiger charge is 2.18. The molecule has 1 aromatic carbocycles. The van der Waals surface area contributed by atoms with E-state index in [0.29, 0.717) is 11.3 Å². The minimum absolute atomic E-state index is 0.214. The van der Waals surface area contributed by atoms with Crippen LogP contribution in [0, 0.1) is 19.7 Å². The molecule has 1 N–H and O–H groups in total. The number of benzene rings is 1. The van der Waals surface area contributed by atoms with Gasteiger partial charge in [0.25, 0.3) is 0 Å². The highest BCUT2D eigenvalue weighted by atomic mass is 19.1. The number of hydrogen-bond donors (Lipinski definition) is 1. The lowest BCUT2D eigenvalue weighted by Gasteiger charge is -2.18. The molecule has 0 aliphatic carbocycles. The zero-order valence-electron chi connectivity index (χ0n) is 11.6. The molecule has 2 rings (SSSR count). The van der Waals surface area contributed by atoms with Crippen LogP contribution in [0.4, 0.5) is 10.1 Å². The third kappa shape index (κ3) is 1.84. The van der Waals surface area contributed by atoms with Crippen molar-refractivity contribution in [1.82, 2.24) is 4.98 Å². The Morgan fingerprint density at radius 2 is 1.89 bits per heavy atom. The Morgan fingerprint density at radius 1 is 1.22 bits per heavy atom. The van der Waals surface area contributed by atoms with E-state index in [1.807, 2.05) is 20.9 Å². The molecule has 0 aliphatic rings. The van der Waals surface area contributed by atoms with Crippen molar-refractivity contribution in [3.05, 3.63) is 34.8 Å². The fraction of sp³-hybridized carbons (Fsp3) is 0.400. The highest BCUT2D eigenvalue weighted by molar-refractivity contribution is 5.95. The third-order valence-corrected chi connectivity index (χ3v) is 3.34. The van der Waals surface area contributed by atoms with Crippen molar-refractivity contribution in [2.24, 2.45) is 0 Å². The summed E-state index contributed by atoms with van der Waals surface area (Å²) < 4.78 is 14.1. The van der Waals surface area contributed by atoms with Crippen LogP contribution in [0.1, 0.15) is 36.6 Å². The Kier molecular flexibility index (Phi) is 3.24. The van der Waals surface area contributed by atoms with Crippen molar-refractivity contribution in [2.75, 3.05) is 12.4 Å². The number of pyridine rings is 1. The van der Waals surface area contributed by atoms with Crippen LogP contribution in [0.3, 0.4) is 0 Å². The summed E-state index contributed by atoms with van der Waals surface area (Å²) in [6.45, 7) is 8.15. The lowest BCUT2D eigenvalue weighted by molar-refractivity contribution is 0.639. The van der Waals surface area contributed by atoms with Crippen LogP contribution in [-0.4, -0.2) is 12.0 Å². The predicted octanol–water partition coefficient (Wildman–Crippen LogP) is 4.16. The monoisotopic (exact) mass is 246 g/mol. The van der Waals surface area contributed by atoms with Gasteiger partial charge in [0, 0.05) is 12.7 Å². The average Bonchev–Trinajstić information content (AvgIpc) is 2.32. The first-order valence-corrected chi connectivity index (χ1v) is 6.24. The van der Waals surface area contributed by atoms with Gasteiger partial charge in [0.1, 0.15) is 5.82 Å². The zero-order chi connectivity index (χ0) is 13.4. The number of nitrogens with zero attached hydrogens (tertiary/aromatic N) is 1. The molecular formula is C15H19FN2. The van der Waals surface area contributed by atoms with Gasteiger partial charge < -0.3 is 5.32 Å². The third-order valence-electron chi connectivity index (χ3n) is 3.34. The van der Waals surface area contributed by atoms with E-state index in [1.165, 1.54) is 6.07 Å². The summed E-state index contributed by atoms with van der Waals surface area (Å²) in [5, 5.41) is 3.75. The Morgan fingerprint density at radius 3 is 2.44 bits per heavy atom. The van der Waals surface area contributed by atoms with Crippen LogP contribution >= 0.6 is 0 Å². The van der Waals surface area contributed by atoms with Crippen molar-refractivity contribution in [3.63, 3.8) is 0 Å². The number of aromatic nitrogens is 1. The van der Waals surface area contributed by atoms with E-state index >= 15 is 0 Å². The minimum atomic E-state index is -0.214. The first-order chi connectivity index (χ1) is 8.47. The van der Waals surface area contributed by atoms with Crippen molar-refractivity contribution in [1.29, 1.82) is 0 Å². The van der Waals surface area contributed by atoms with E-state index < -0.39 is 0 Å². The molecular weight excluding hydrogens is 227 g/mol. The van der Waals surface area contributed by atoms with Crippen molar-refractivity contribution in [3.8, 4) is 0 Å². The molecule has 2 nitrogen and oxygen atoms in total. The summed E-state index contributed by atoms with van der Waals surface area (Å²) in [7, 11) is 1.84. The van der Waals surface area contributed by atoms with Crippen molar-refractivity contribution < 1.29 is 4.39 Å². The molecule has 1 aromatic heterocycles. The Hall–Kier alpha value is -1.64. The molecule has 3 heteroatoms. The minimum Gasteiger partial charge on any atom is -0.387 e. The molecule has 0 unspecified atom stereocenters. The molecule has 0 atom stereocenters. The molecule has 0 aliphatic heterocycles. The molecule has 0 fully saturated rings. The van der Waals surface area contributed by atoms with Gasteiger partial charge in [-0.2, -0.15) is 0 Å². The molecule has 0 radical (unpaired) electrons. The number of halogens is 1. The average molecular weight is 246 g/mol. The molecule has 0 saturated heterocycles. The van der Waals surface area contributed by atoms with Crippen LogP contribution in [0.25, 0.3) is 10.9 Å². The van der Waals surface area contributed by atoms with Crippen LogP contribution in [0.2, 0.25) is 0 Å². The molecule has 96 valence electrons. The van der Waals surface area contributed by atoms with Crippen molar-refractivity contribution in [2.45, 2.75) is 33.6 Å². The van der Waals surface area contributed by atoms with E-state index in [9.17, 15) is 4.39 Å². The van der Waals surface area contributed by atoms with Gasteiger partial charge in [-0.25, -0.2) is 4.39 Å². The lowest BCUT2D eigenvalue weighted by Crippen LogP contribution is -2.05. The summed E-state index contributed by atoms with van der Waals surface area (Å²) in [6, 6.07) is 3.29. The lowest BCUT2D eigenvalue weighted by atomic mass is 9.95. The molecule has 18 heavy (non-hydrogen) atoms. The van der Waals surface area contributed by atoms with Gasteiger partial charge in [-0.15, -0.1) is 0 Å². The van der Waals surface area contributed by atoms with Crippen LogP contribution in [0.5, 0.6) is 0 Å². The normalized spacial score (nSPS) is 11.3. The molecule has 2 aromatic rings.